The number of aromatic nitrogens is 2. The molecule has 1 aromatic heterocycles. The molecule has 0 atom stereocenters. The van der Waals surface area contributed by atoms with Gasteiger partial charge in [0.05, 0.1) is 15.5 Å². The van der Waals surface area contributed by atoms with Crippen LogP contribution in [0.2, 0.25) is 0 Å². The monoisotopic (exact) mass is 329 g/mol. The SMILES string of the molecule is O=C(O)c1nn(-c2ccc([N+](=O)[O-])cc2F)cc1Br. The molecule has 0 radical (unpaired) electrons. The van der Waals surface area contributed by atoms with Gasteiger partial charge in [-0.15, -0.1) is 0 Å². The minimum Gasteiger partial charge on any atom is -0.476 e. The summed E-state index contributed by atoms with van der Waals surface area (Å²) in [5.41, 5.74) is -0.762. The number of aromatic carboxylic acids is 1. The zero-order chi connectivity index (χ0) is 14.2. The van der Waals surface area contributed by atoms with Gasteiger partial charge in [-0.25, -0.2) is 13.9 Å². The molecular formula is C10H5BrFN3O4. The van der Waals surface area contributed by atoms with Gasteiger partial charge in [-0.3, -0.25) is 10.1 Å². The van der Waals surface area contributed by atoms with E-state index in [1.54, 1.807) is 0 Å². The summed E-state index contributed by atoms with van der Waals surface area (Å²) >= 11 is 2.98. The highest BCUT2D eigenvalue weighted by atomic mass is 79.9. The topological polar surface area (TPSA) is 98.3 Å². The lowest BCUT2D eigenvalue weighted by molar-refractivity contribution is -0.385. The first-order valence-corrected chi connectivity index (χ1v) is 5.62. The Bertz CT molecular complexity index is 685. The van der Waals surface area contributed by atoms with Crippen molar-refractivity contribution in [2.75, 3.05) is 0 Å². The van der Waals surface area contributed by atoms with Gasteiger partial charge in [0.1, 0.15) is 5.69 Å². The molecule has 9 heteroatoms. The first kappa shape index (κ1) is 13.1. The van der Waals surface area contributed by atoms with Crippen LogP contribution in [-0.4, -0.2) is 25.8 Å². The van der Waals surface area contributed by atoms with Gasteiger partial charge in [0.15, 0.2) is 11.5 Å². The maximum Gasteiger partial charge on any atom is 0.357 e. The lowest BCUT2D eigenvalue weighted by Gasteiger charge is -2.02. The fraction of sp³-hybridized carbons (Fsp3) is 0. The second kappa shape index (κ2) is 4.76. The summed E-state index contributed by atoms with van der Waals surface area (Å²) in [6, 6.07) is 3.00. The second-order valence-corrected chi connectivity index (χ2v) is 4.32. The van der Waals surface area contributed by atoms with Crippen LogP contribution in [0.4, 0.5) is 10.1 Å². The number of hydrogen-bond donors (Lipinski definition) is 1. The van der Waals surface area contributed by atoms with Gasteiger partial charge < -0.3 is 5.11 Å². The third-order valence-corrected chi connectivity index (χ3v) is 2.84. The molecule has 2 rings (SSSR count). The van der Waals surface area contributed by atoms with E-state index in [1.807, 2.05) is 0 Å². The largest absolute Gasteiger partial charge is 0.476 e. The van der Waals surface area contributed by atoms with Gasteiger partial charge in [-0.05, 0) is 22.0 Å². The van der Waals surface area contributed by atoms with E-state index in [0.717, 1.165) is 22.9 Å². The highest BCUT2D eigenvalue weighted by Gasteiger charge is 2.17. The Kier molecular flexibility index (Phi) is 3.30. The van der Waals surface area contributed by atoms with Crippen LogP contribution in [0.1, 0.15) is 10.5 Å². The van der Waals surface area contributed by atoms with E-state index in [1.165, 1.54) is 6.20 Å². The third kappa shape index (κ3) is 2.45. The van der Waals surface area contributed by atoms with Crippen molar-refractivity contribution in [3.8, 4) is 5.69 Å². The van der Waals surface area contributed by atoms with Crippen molar-refractivity contribution in [3.05, 3.63) is 50.5 Å². The fourth-order valence-corrected chi connectivity index (χ4v) is 1.86. The Labute approximate surface area is 113 Å². The lowest BCUT2D eigenvalue weighted by Crippen LogP contribution is -2.03. The Morgan fingerprint density at radius 3 is 2.68 bits per heavy atom. The number of carboxylic acids is 1. The molecule has 0 aliphatic carbocycles. The summed E-state index contributed by atoms with van der Waals surface area (Å²) in [6.45, 7) is 0. The smallest absolute Gasteiger partial charge is 0.357 e. The van der Waals surface area contributed by atoms with E-state index in [4.69, 9.17) is 5.11 Å². The number of nitrogens with zero attached hydrogens (tertiary/aromatic N) is 3. The van der Waals surface area contributed by atoms with Crippen LogP contribution in [0.15, 0.2) is 28.9 Å². The first-order valence-electron chi connectivity index (χ1n) is 4.83. The van der Waals surface area contributed by atoms with E-state index < -0.39 is 22.4 Å². The van der Waals surface area contributed by atoms with E-state index in [2.05, 4.69) is 21.0 Å². The minimum absolute atomic E-state index is 0.0844. The first-order chi connectivity index (χ1) is 8.90. The fourth-order valence-electron chi connectivity index (χ4n) is 1.42. The summed E-state index contributed by atoms with van der Waals surface area (Å²) in [4.78, 5) is 20.6. The molecule has 0 unspecified atom stereocenters. The average molecular weight is 330 g/mol. The number of nitro groups is 1. The Hall–Kier alpha value is -2.29. The Morgan fingerprint density at radius 2 is 2.21 bits per heavy atom. The normalized spacial score (nSPS) is 10.4. The maximum absolute atomic E-state index is 13.7. The molecule has 19 heavy (non-hydrogen) atoms. The van der Waals surface area contributed by atoms with Gasteiger partial charge >= 0.3 is 5.97 Å². The molecule has 2 aromatic rings. The van der Waals surface area contributed by atoms with E-state index in [0.29, 0.717) is 0 Å². The molecule has 0 saturated carbocycles. The molecule has 98 valence electrons. The summed E-state index contributed by atoms with van der Waals surface area (Å²) in [6.07, 6.45) is 1.26. The molecule has 7 nitrogen and oxygen atoms in total. The molecule has 0 aliphatic rings. The van der Waals surface area contributed by atoms with Crippen LogP contribution >= 0.6 is 15.9 Å². The van der Waals surface area contributed by atoms with Crippen molar-refractivity contribution in [2.24, 2.45) is 0 Å². The second-order valence-electron chi connectivity index (χ2n) is 3.47. The molecule has 0 fully saturated rings. The standard InChI is InChI=1S/C10H5BrFN3O4/c11-6-4-14(13-9(6)10(16)17)8-2-1-5(15(18)19)3-7(8)12/h1-4H,(H,16,17). The van der Waals surface area contributed by atoms with Crippen LogP contribution in [0.5, 0.6) is 0 Å². The summed E-state index contributed by atoms with van der Waals surface area (Å²) < 4.78 is 14.9. The van der Waals surface area contributed by atoms with Crippen LogP contribution < -0.4 is 0 Å². The maximum atomic E-state index is 13.7. The van der Waals surface area contributed by atoms with Gasteiger partial charge in [0, 0.05) is 12.3 Å². The van der Waals surface area contributed by atoms with Crippen molar-refractivity contribution >= 4 is 27.6 Å². The van der Waals surface area contributed by atoms with E-state index >= 15 is 0 Å². The average Bonchev–Trinajstić information content (AvgIpc) is 2.71. The summed E-state index contributed by atoms with van der Waals surface area (Å²) in [5.74, 6) is -2.14. The highest BCUT2D eigenvalue weighted by Crippen LogP contribution is 2.22. The predicted molar refractivity (Wildman–Crippen MR) is 64.8 cm³/mol. The molecule has 0 spiro atoms. The summed E-state index contributed by atoms with van der Waals surface area (Å²) in [5, 5.41) is 23.0. The van der Waals surface area contributed by atoms with Crippen LogP contribution in [0.3, 0.4) is 0 Å². The van der Waals surface area contributed by atoms with Crippen LogP contribution in [0.25, 0.3) is 5.69 Å². The quantitative estimate of drug-likeness (QED) is 0.688. The van der Waals surface area contributed by atoms with Gasteiger partial charge in [-0.2, -0.15) is 5.10 Å². The number of rotatable bonds is 3. The molecular weight excluding hydrogens is 325 g/mol. The van der Waals surface area contributed by atoms with Gasteiger partial charge in [-0.1, -0.05) is 0 Å². The highest BCUT2D eigenvalue weighted by molar-refractivity contribution is 9.10. The van der Waals surface area contributed by atoms with E-state index in [-0.39, 0.29) is 15.9 Å². The molecule has 1 aromatic carbocycles. The number of nitro benzene ring substituents is 1. The third-order valence-electron chi connectivity index (χ3n) is 2.26. The van der Waals surface area contributed by atoms with Crippen molar-refractivity contribution in [3.63, 3.8) is 0 Å². The van der Waals surface area contributed by atoms with E-state index in [9.17, 15) is 19.3 Å². The van der Waals surface area contributed by atoms with Crippen molar-refractivity contribution in [2.45, 2.75) is 0 Å². The van der Waals surface area contributed by atoms with Crippen molar-refractivity contribution in [1.29, 1.82) is 0 Å². The van der Waals surface area contributed by atoms with Gasteiger partial charge in [0.25, 0.3) is 5.69 Å². The number of non-ortho nitro benzene ring substituents is 1. The molecule has 0 saturated heterocycles. The molecule has 0 aliphatic heterocycles. The zero-order valence-corrected chi connectivity index (χ0v) is 10.7. The number of halogens is 2. The number of carboxylic acid groups (broad SMARTS) is 1. The Morgan fingerprint density at radius 1 is 1.53 bits per heavy atom. The molecule has 1 heterocycles. The van der Waals surface area contributed by atoms with Gasteiger partial charge in [0.2, 0.25) is 0 Å². The van der Waals surface area contributed by atoms with Crippen molar-refractivity contribution < 1.29 is 19.2 Å². The number of hydrogen-bond acceptors (Lipinski definition) is 4. The summed E-state index contributed by atoms with van der Waals surface area (Å²) in [7, 11) is 0. The number of carbonyl (C=O) groups is 1. The Balaban J connectivity index is 2.50. The molecule has 1 N–H and O–H groups in total. The molecule has 0 bridgehead atoms. The predicted octanol–water partition coefficient (Wildman–Crippen LogP) is 2.38. The zero-order valence-electron chi connectivity index (χ0n) is 9.08. The van der Waals surface area contributed by atoms with Crippen molar-refractivity contribution in [1.82, 2.24) is 9.78 Å². The van der Waals surface area contributed by atoms with Crippen LogP contribution in [0, 0.1) is 15.9 Å². The minimum atomic E-state index is -1.27. The lowest BCUT2D eigenvalue weighted by atomic mass is 10.2. The molecule has 0 amide bonds. The van der Waals surface area contributed by atoms with Crippen LogP contribution in [-0.2, 0) is 0 Å². The number of benzene rings is 1.